The highest BCUT2D eigenvalue weighted by atomic mass is 16.1. The van der Waals surface area contributed by atoms with Gasteiger partial charge in [0.1, 0.15) is 5.52 Å². The number of nitrogens with one attached hydrogen (secondary N) is 1. The molecule has 0 saturated heterocycles. The molecular formula is C13H12N2O. The Morgan fingerprint density at radius 1 is 1.12 bits per heavy atom. The van der Waals surface area contributed by atoms with E-state index in [0.29, 0.717) is 5.52 Å². The number of hydrogen-bond acceptors (Lipinski definition) is 1. The lowest BCUT2D eigenvalue weighted by Gasteiger charge is -2.04. The highest BCUT2D eigenvalue weighted by Gasteiger charge is 2.08. The Balaban J connectivity index is 2.73. The van der Waals surface area contributed by atoms with Crippen LogP contribution in [0.3, 0.4) is 0 Å². The highest BCUT2D eigenvalue weighted by Crippen LogP contribution is 2.18. The summed E-state index contributed by atoms with van der Waals surface area (Å²) < 4.78 is 2.02. The fraction of sp³-hybridized carbons (Fsp3) is 0.154. The normalized spacial score (nSPS) is 11.4. The van der Waals surface area contributed by atoms with Gasteiger partial charge in [-0.2, -0.15) is 0 Å². The molecule has 3 nitrogen and oxygen atoms in total. The van der Waals surface area contributed by atoms with Gasteiger partial charge in [-0.15, -0.1) is 0 Å². The zero-order valence-corrected chi connectivity index (χ0v) is 9.24. The molecule has 1 aromatic carbocycles. The lowest BCUT2D eigenvalue weighted by Crippen LogP contribution is -2.10. The van der Waals surface area contributed by atoms with Crippen molar-refractivity contribution in [2.24, 2.45) is 0 Å². The minimum atomic E-state index is -0.0325. The fourth-order valence-electron chi connectivity index (χ4n) is 2.17. The number of H-pyrrole nitrogens is 1. The Labute approximate surface area is 92.3 Å². The molecule has 3 rings (SSSR count). The molecule has 0 saturated carbocycles. The second kappa shape index (κ2) is 2.98. The van der Waals surface area contributed by atoms with Crippen LogP contribution in [0.4, 0.5) is 0 Å². The van der Waals surface area contributed by atoms with Crippen LogP contribution in [0.5, 0.6) is 0 Å². The van der Waals surface area contributed by atoms with Crippen LogP contribution in [-0.2, 0) is 0 Å². The monoisotopic (exact) mass is 212 g/mol. The summed E-state index contributed by atoms with van der Waals surface area (Å²) in [5, 5.41) is 0. The summed E-state index contributed by atoms with van der Waals surface area (Å²) in [6, 6.07) is 9.78. The first-order chi connectivity index (χ1) is 7.68. The molecule has 0 unspecified atom stereocenters. The molecule has 0 aliphatic carbocycles. The molecule has 2 heterocycles. The van der Waals surface area contributed by atoms with E-state index in [2.05, 4.69) is 4.98 Å². The molecule has 0 spiro atoms. The third-order valence-corrected chi connectivity index (χ3v) is 3.13. The van der Waals surface area contributed by atoms with Crippen LogP contribution < -0.4 is 5.56 Å². The van der Waals surface area contributed by atoms with Gasteiger partial charge in [0.25, 0.3) is 5.56 Å². The molecule has 0 atom stereocenters. The molecule has 0 aliphatic rings. The lowest BCUT2D eigenvalue weighted by atomic mass is 10.3. The molecule has 80 valence electrons. The predicted molar refractivity (Wildman–Crippen MR) is 65.0 cm³/mol. The van der Waals surface area contributed by atoms with E-state index in [1.807, 2.05) is 48.6 Å². The van der Waals surface area contributed by atoms with Crippen molar-refractivity contribution in [3.8, 4) is 0 Å². The maximum absolute atomic E-state index is 11.9. The fourth-order valence-corrected chi connectivity index (χ4v) is 2.17. The van der Waals surface area contributed by atoms with E-state index >= 15 is 0 Å². The molecule has 16 heavy (non-hydrogen) atoms. The number of benzene rings is 1. The van der Waals surface area contributed by atoms with Crippen LogP contribution in [0.2, 0.25) is 0 Å². The molecule has 0 radical (unpaired) electrons. The summed E-state index contributed by atoms with van der Waals surface area (Å²) in [7, 11) is 0. The topological polar surface area (TPSA) is 37.3 Å². The van der Waals surface area contributed by atoms with E-state index in [0.717, 1.165) is 22.3 Å². The molecule has 0 bridgehead atoms. The van der Waals surface area contributed by atoms with Gasteiger partial charge in [-0.25, -0.2) is 0 Å². The summed E-state index contributed by atoms with van der Waals surface area (Å²) >= 11 is 0. The summed E-state index contributed by atoms with van der Waals surface area (Å²) in [5.74, 6) is 0. The largest absolute Gasteiger partial charge is 0.319 e. The van der Waals surface area contributed by atoms with Gasteiger partial charge in [-0.3, -0.25) is 4.79 Å². The van der Waals surface area contributed by atoms with Crippen LogP contribution in [0.1, 0.15) is 11.3 Å². The van der Waals surface area contributed by atoms with Gasteiger partial charge in [-0.05, 0) is 37.6 Å². The molecule has 1 N–H and O–H groups in total. The SMILES string of the molecule is Cc1cc2c(=O)[nH]c3ccccc3n2c1C. The van der Waals surface area contributed by atoms with Crippen molar-refractivity contribution in [3.63, 3.8) is 0 Å². The molecule has 0 amide bonds. The molecule has 3 heteroatoms. The van der Waals surface area contributed by atoms with E-state index in [1.54, 1.807) is 0 Å². The van der Waals surface area contributed by atoms with Crippen molar-refractivity contribution >= 4 is 16.6 Å². The zero-order valence-electron chi connectivity index (χ0n) is 9.24. The van der Waals surface area contributed by atoms with Crippen molar-refractivity contribution < 1.29 is 0 Å². The van der Waals surface area contributed by atoms with Gasteiger partial charge in [0.15, 0.2) is 0 Å². The number of fused-ring (bicyclic) bond motifs is 3. The van der Waals surface area contributed by atoms with Gasteiger partial charge in [0.05, 0.1) is 11.0 Å². The average Bonchev–Trinajstić information content (AvgIpc) is 2.57. The van der Waals surface area contributed by atoms with E-state index < -0.39 is 0 Å². The van der Waals surface area contributed by atoms with E-state index in [1.165, 1.54) is 0 Å². The Bertz CT molecular complexity index is 750. The number of aryl methyl sites for hydroxylation is 2. The third-order valence-electron chi connectivity index (χ3n) is 3.13. The predicted octanol–water partition coefficient (Wildman–Crippen LogP) is 2.40. The summed E-state index contributed by atoms with van der Waals surface area (Å²) in [5.41, 5.74) is 4.86. The average molecular weight is 212 g/mol. The highest BCUT2D eigenvalue weighted by molar-refractivity contribution is 5.79. The second-order valence-electron chi connectivity index (χ2n) is 4.10. The van der Waals surface area contributed by atoms with Crippen LogP contribution in [0.15, 0.2) is 35.1 Å². The Kier molecular flexibility index (Phi) is 1.72. The summed E-state index contributed by atoms with van der Waals surface area (Å²) in [4.78, 5) is 14.8. The minimum absolute atomic E-state index is 0.0325. The van der Waals surface area contributed by atoms with Crippen LogP contribution in [0, 0.1) is 13.8 Å². The van der Waals surface area contributed by atoms with Gasteiger partial charge in [-0.1, -0.05) is 12.1 Å². The first-order valence-electron chi connectivity index (χ1n) is 5.28. The van der Waals surface area contributed by atoms with E-state index in [9.17, 15) is 4.79 Å². The van der Waals surface area contributed by atoms with Crippen molar-refractivity contribution in [1.29, 1.82) is 0 Å². The lowest BCUT2D eigenvalue weighted by molar-refractivity contribution is 1.11. The zero-order chi connectivity index (χ0) is 11.3. The first kappa shape index (κ1) is 9.21. The van der Waals surface area contributed by atoms with Crippen LogP contribution in [0.25, 0.3) is 16.6 Å². The van der Waals surface area contributed by atoms with Crippen molar-refractivity contribution in [3.05, 3.63) is 51.9 Å². The van der Waals surface area contributed by atoms with Crippen LogP contribution >= 0.6 is 0 Å². The minimum Gasteiger partial charge on any atom is -0.319 e. The second-order valence-corrected chi connectivity index (χ2v) is 4.10. The van der Waals surface area contributed by atoms with Gasteiger partial charge < -0.3 is 9.38 Å². The van der Waals surface area contributed by atoms with Crippen molar-refractivity contribution in [2.75, 3.05) is 0 Å². The molecule has 0 aliphatic heterocycles. The standard InChI is InChI=1S/C13H12N2O/c1-8-7-12-13(16)14-10-5-3-4-6-11(10)15(12)9(8)2/h3-7H,1-2H3,(H,14,16). The molecular weight excluding hydrogens is 200 g/mol. The number of para-hydroxylation sites is 2. The Hall–Kier alpha value is -2.03. The molecule has 2 aromatic heterocycles. The quantitative estimate of drug-likeness (QED) is 0.610. The van der Waals surface area contributed by atoms with E-state index in [-0.39, 0.29) is 5.56 Å². The molecule has 3 aromatic rings. The Morgan fingerprint density at radius 2 is 1.88 bits per heavy atom. The van der Waals surface area contributed by atoms with Gasteiger partial charge in [0, 0.05) is 5.69 Å². The van der Waals surface area contributed by atoms with Gasteiger partial charge in [0.2, 0.25) is 0 Å². The van der Waals surface area contributed by atoms with Crippen molar-refractivity contribution in [1.82, 2.24) is 9.38 Å². The maximum Gasteiger partial charge on any atom is 0.272 e. The summed E-state index contributed by atoms with van der Waals surface area (Å²) in [6.07, 6.45) is 0. The number of rotatable bonds is 0. The number of nitrogens with zero attached hydrogens (tertiary/aromatic N) is 1. The number of aromatic amines is 1. The van der Waals surface area contributed by atoms with Gasteiger partial charge >= 0.3 is 0 Å². The molecule has 0 fully saturated rings. The van der Waals surface area contributed by atoms with Crippen molar-refractivity contribution in [2.45, 2.75) is 13.8 Å². The maximum atomic E-state index is 11.9. The first-order valence-corrected chi connectivity index (χ1v) is 5.28. The Morgan fingerprint density at radius 3 is 2.69 bits per heavy atom. The number of hydrogen-bond donors (Lipinski definition) is 1. The summed E-state index contributed by atoms with van der Waals surface area (Å²) in [6.45, 7) is 4.06. The van der Waals surface area contributed by atoms with Crippen LogP contribution in [-0.4, -0.2) is 9.38 Å². The third kappa shape index (κ3) is 1.05. The number of aromatic nitrogens is 2. The smallest absolute Gasteiger partial charge is 0.272 e. The van der Waals surface area contributed by atoms with E-state index in [4.69, 9.17) is 0 Å².